The molecule has 2 heterocycles. The smallest absolute Gasteiger partial charge is 0.274 e. The number of benzene rings is 2. The van der Waals surface area contributed by atoms with E-state index < -0.39 is 5.91 Å². The summed E-state index contributed by atoms with van der Waals surface area (Å²) in [6.45, 7) is 0.574. The molecule has 4 aromatic rings. The van der Waals surface area contributed by atoms with Crippen LogP contribution in [0.1, 0.15) is 27.2 Å². The van der Waals surface area contributed by atoms with E-state index >= 15 is 0 Å². The summed E-state index contributed by atoms with van der Waals surface area (Å²) in [6.07, 6.45) is 3.87. The number of nitrogens with zero attached hydrogens (tertiary/aromatic N) is 4. The predicted molar refractivity (Wildman–Crippen MR) is 112 cm³/mol. The quantitative estimate of drug-likeness (QED) is 0.408. The minimum Gasteiger partial charge on any atom is -0.288 e. The lowest BCUT2D eigenvalue weighted by molar-refractivity contribution is 0.0706. The molecule has 0 spiro atoms. The van der Waals surface area contributed by atoms with Crippen molar-refractivity contribution in [2.75, 3.05) is 0 Å². The Bertz CT molecular complexity index is 1220. The van der Waals surface area contributed by atoms with Crippen LogP contribution in [0.2, 0.25) is 0 Å². The van der Waals surface area contributed by atoms with Crippen LogP contribution in [0.5, 0.6) is 0 Å². The van der Waals surface area contributed by atoms with Crippen molar-refractivity contribution in [3.63, 3.8) is 0 Å². The van der Waals surface area contributed by atoms with Crippen molar-refractivity contribution in [2.45, 2.75) is 19.4 Å². The van der Waals surface area contributed by atoms with Crippen LogP contribution in [0.4, 0.5) is 0 Å². The van der Waals surface area contributed by atoms with E-state index in [9.17, 15) is 4.79 Å². The van der Waals surface area contributed by atoms with Crippen LogP contribution in [0.25, 0.3) is 22.5 Å². The van der Waals surface area contributed by atoms with E-state index in [1.807, 2.05) is 46.7 Å². The molecule has 1 aliphatic carbocycles. The van der Waals surface area contributed by atoms with E-state index in [0.717, 1.165) is 46.6 Å². The zero-order chi connectivity index (χ0) is 20.7. The van der Waals surface area contributed by atoms with Gasteiger partial charge in [0.05, 0.1) is 23.6 Å². The molecule has 150 valence electrons. The van der Waals surface area contributed by atoms with Crippen LogP contribution < -0.4 is 5.48 Å². The van der Waals surface area contributed by atoms with Crippen molar-refractivity contribution in [3.8, 4) is 22.5 Å². The first-order chi connectivity index (χ1) is 14.6. The standard InChI is InChI=1S/C23H21N5O2/c1-27-14-19-20(24-27)12-11-18-21(16-5-3-2-4-6-16)25-28(22(18)19)13-15-7-9-17(10-8-15)23(29)26-30/h2-10,14,30H,11-13H2,1H3,(H,26,29). The molecule has 0 unspecified atom stereocenters. The second kappa shape index (κ2) is 7.27. The number of carbonyl (C=O) groups excluding carboxylic acids is 1. The fourth-order valence-corrected chi connectivity index (χ4v) is 4.14. The van der Waals surface area contributed by atoms with Gasteiger partial charge in [-0.3, -0.25) is 19.4 Å². The molecule has 7 nitrogen and oxygen atoms in total. The first-order valence-electron chi connectivity index (χ1n) is 9.85. The maximum absolute atomic E-state index is 11.6. The number of nitrogens with one attached hydrogen (secondary N) is 1. The van der Waals surface area contributed by atoms with Gasteiger partial charge in [-0.2, -0.15) is 10.2 Å². The van der Waals surface area contributed by atoms with Crippen molar-refractivity contribution >= 4 is 5.91 Å². The number of fused-ring (bicyclic) bond motifs is 3. The zero-order valence-corrected chi connectivity index (χ0v) is 16.5. The number of amides is 1. The van der Waals surface area contributed by atoms with Crippen LogP contribution in [0.3, 0.4) is 0 Å². The van der Waals surface area contributed by atoms with Gasteiger partial charge >= 0.3 is 0 Å². The summed E-state index contributed by atoms with van der Waals surface area (Å²) in [4.78, 5) is 11.6. The van der Waals surface area contributed by atoms with Gasteiger partial charge in [0.2, 0.25) is 0 Å². The molecule has 0 bridgehead atoms. The van der Waals surface area contributed by atoms with Gasteiger partial charge in [0.1, 0.15) is 0 Å². The molecule has 0 fully saturated rings. The average molecular weight is 399 g/mol. The molecule has 0 saturated carbocycles. The SMILES string of the molecule is Cn1cc2c(n1)CCc1c(-c3ccccc3)nn(Cc3ccc(C(=O)NO)cc3)c1-2. The van der Waals surface area contributed by atoms with Crippen molar-refractivity contribution in [1.29, 1.82) is 0 Å². The molecule has 1 amide bonds. The van der Waals surface area contributed by atoms with Crippen LogP contribution >= 0.6 is 0 Å². The van der Waals surface area contributed by atoms with Gasteiger partial charge in [-0.15, -0.1) is 0 Å². The maximum atomic E-state index is 11.6. The Hall–Kier alpha value is -3.71. The highest BCUT2D eigenvalue weighted by molar-refractivity contribution is 5.93. The summed E-state index contributed by atoms with van der Waals surface area (Å²) in [7, 11) is 1.95. The van der Waals surface area contributed by atoms with Crippen molar-refractivity contribution in [2.24, 2.45) is 7.05 Å². The Kier molecular flexibility index (Phi) is 4.44. The van der Waals surface area contributed by atoms with Gasteiger partial charge in [-0.05, 0) is 30.5 Å². The normalized spacial score (nSPS) is 12.3. The lowest BCUT2D eigenvalue weighted by atomic mass is 9.92. The van der Waals surface area contributed by atoms with E-state index in [-0.39, 0.29) is 0 Å². The van der Waals surface area contributed by atoms with Crippen LogP contribution in [-0.4, -0.2) is 30.7 Å². The van der Waals surface area contributed by atoms with Crippen LogP contribution in [0, 0.1) is 0 Å². The maximum Gasteiger partial charge on any atom is 0.274 e. The number of rotatable bonds is 4. The zero-order valence-electron chi connectivity index (χ0n) is 16.5. The minimum absolute atomic E-state index is 0.406. The number of hydrogen-bond acceptors (Lipinski definition) is 4. The topological polar surface area (TPSA) is 85.0 Å². The summed E-state index contributed by atoms with van der Waals surface area (Å²) < 4.78 is 3.90. The largest absolute Gasteiger partial charge is 0.288 e. The highest BCUT2D eigenvalue weighted by Crippen LogP contribution is 2.38. The number of aromatic nitrogens is 4. The van der Waals surface area contributed by atoms with Gasteiger partial charge < -0.3 is 0 Å². The Morgan fingerprint density at radius 1 is 1.07 bits per heavy atom. The molecule has 2 aromatic carbocycles. The van der Waals surface area contributed by atoms with Gasteiger partial charge in [-0.1, -0.05) is 42.5 Å². The lowest BCUT2D eigenvalue weighted by Crippen LogP contribution is -2.18. The second-order valence-electron chi connectivity index (χ2n) is 7.50. The fourth-order valence-electron chi connectivity index (χ4n) is 4.14. The molecule has 0 aliphatic heterocycles. The summed E-state index contributed by atoms with van der Waals surface area (Å²) >= 11 is 0. The monoisotopic (exact) mass is 399 g/mol. The highest BCUT2D eigenvalue weighted by Gasteiger charge is 2.28. The summed E-state index contributed by atoms with van der Waals surface area (Å²) in [5.41, 5.74) is 9.79. The van der Waals surface area contributed by atoms with E-state index in [1.165, 1.54) is 5.56 Å². The van der Waals surface area contributed by atoms with Crippen molar-refractivity contribution < 1.29 is 10.0 Å². The third-order valence-electron chi connectivity index (χ3n) is 5.52. The lowest BCUT2D eigenvalue weighted by Gasteiger charge is -2.14. The van der Waals surface area contributed by atoms with Crippen LogP contribution in [0.15, 0.2) is 60.8 Å². The Morgan fingerprint density at radius 3 is 2.57 bits per heavy atom. The molecule has 1 aliphatic rings. The first-order valence-corrected chi connectivity index (χ1v) is 9.85. The third-order valence-corrected chi connectivity index (χ3v) is 5.52. The van der Waals surface area contributed by atoms with Gasteiger partial charge in [0.15, 0.2) is 0 Å². The van der Waals surface area contributed by atoms with Crippen molar-refractivity contribution in [3.05, 3.63) is 83.2 Å². The first kappa shape index (κ1) is 18.3. The highest BCUT2D eigenvalue weighted by atomic mass is 16.5. The van der Waals surface area contributed by atoms with Crippen molar-refractivity contribution in [1.82, 2.24) is 25.0 Å². The summed E-state index contributed by atoms with van der Waals surface area (Å²) in [5, 5.41) is 18.4. The van der Waals surface area contributed by atoms with Crippen LogP contribution in [-0.2, 0) is 26.4 Å². The molecule has 2 aromatic heterocycles. The van der Waals surface area contributed by atoms with E-state index in [2.05, 4.69) is 23.4 Å². The van der Waals surface area contributed by atoms with Gasteiger partial charge in [0.25, 0.3) is 5.91 Å². The number of hydroxylamine groups is 1. The fraction of sp³-hybridized carbons (Fsp3) is 0.174. The molecule has 7 heteroatoms. The van der Waals surface area contributed by atoms with E-state index in [0.29, 0.717) is 12.1 Å². The average Bonchev–Trinajstić information content (AvgIpc) is 3.34. The summed E-state index contributed by atoms with van der Waals surface area (Å²) in [6, 6.07) is 17.4. The molecule has 0 atom stereocenters. The third kappa shape index (κ3) is 3.09. The second-order valence-corrected chi connectivity index (χ2v) is 7.50. The Labute approximate surface area is 173 Å². The van der Waals surface area contributed by atoms with E-state index in [1.54, 1.807) is 17.6 Å². The molecule has 5 rings (SSSR count). The Morgan fingerprint density at radius 2 is 1.83 bits per heavy atom. The van der Waals surface area contributed by atoms with Gasteiger partial charge in [0, 0.05) is 35.5 Å². The Balaban J connectivity index is 1.60. The molecule has 2 N–H and O–H groups in total. The molecule has 0 saturated heterocycles. The number of hydrogen-bond donors (Lipinski definition) is 2. The van der Waals surface area contributed by atoms with Gasteiger partial charge in [-0.25, -0.2) is 5.48 Å². The molecule has 30 heavy (non-hydrogen) atoms. The summed E-state index contributed by atoms with van der Waals surface area (Å²) in [5.74, 6) is -0.524. The molecule has 0 radical (unpaired) electrons. The predicted octanol–water partition coefficient (Wildman–Crippen LogP) is 3.22. The number of aryl methyl sites for hydroxylation is 2. The number of carbonyl (C=O) groups is 1. The minimum atomic E-state index is -0.524. The molecular formula is C23H21N5O2. The molecular weight excluding hydrogens is 378 g/mol. The van der Waals surface area contributed by atoms with E-state index in [4.69, 9.17) is 10.3 Å².